The normalized spacial score (nSPS) is 34.7. The highest BCUT2D eigenvalue weighted by molar-refractivity contribution is 5.85. The Labute approximate surface area is 269 Å². The molecule has 3 fully saturated rings. The first kappa shape index (κ1) is 34.3. The first-order valence-electron chi connectivity index (χ1n) is 16.1. The molecule has 1 saturated carbocycles. The van der Waals surface area contributed by atoms with E-state index in [0.717, 1.165) is 17.6 Å². The molecule has 5 rings (SSSR count). The van der Waals surface area contributed by atoms with Crippen molar-refractivity contribution in [3.8, 4) is 0 Å². The van der Waals surface area contributed by atoms with Crippen molar-refractivity contribution in [2.45, 2.75) is 95.9 Å². The number of fused-ring (bicyclic) bond motifs is 2. The van der Waals surface area contributed by atoms with Gasteiger partial charge >= 0.3 is 17.9 Å². The Morgan fingerprint density at radius 2 is 2.02 bits per heavy atom. The Hall–Kier alpha value is -3.09. The summed E-state index contributed by atoms with van der Waals surface area (Å²) in [6.45, 7) is 8.59. The van der Waals surface area contributed by atoms with Gasteiger partial charge in [-0.2, -0.15) is 0 Å². The molecular formula is C35H46O11. The zero-order valence-electron chi connectivity index (χ0n) is 27.1. The van der Waals surface area contributed by atoms with Crippen LogP contribution in [0.3, 0.4) is 0 Å². The van der Waals surface area contributed by atoms with E-state index in [-0.39, 0.29) is 38.0 Å². The largest absolute Gasteiger partial charge is 0.462 e. The second-order valence-electron chi connectivity index (χ2n) is 13.3. The van der Waals surface area contributed by atoms with Gasteiger partial charge in [-0.05, 0) is 52.0 Å². The number of epoxide rings is 1. The molecule has 46 heavy (non-hydrogen) atoms. The molecule has 2 bridgehead atoms. The lowest BCUT2D eigenvalue weighted by molar-refractivity contribution is -0.232. The van der Waals surface area contributed by atoms with Crippen LogP contribution in [0.4, 0.5) is 0 Å². The van der Waals surface area contributed by atoms with Crippen molar-refractivity contribution in [1.29, 1.82) is 0 Å². The lowest BCUT2D eigenvalue weighted by atomic mass is 9.51. The van der Waals surface area contributed by atoms with E-state index in [0.29, 0.717) is 38.9 Å². The van der Waals surface area contributed by atoms with E-state index in [4.69, 9.17) is 28.4 Å². The van der Waals surface area contributed by atoms with Crippen LogP contribution in [0.1, 0.15) is 59.8 Å². The van der Waals surface area contributed by atoms with Crippen LogP contribution in [0.25, 0.3) is 0 Å². The summed E-state index contributed by atoms with van der Waals surface area (Å²) in [5.74, 6) is -1.37. The Morgan fingerprint density at radius 1 is 1.24 bits per heavy atom. The molecule has 11 heteroatoms. The molecule has 0 aromatic rings. The molecule has 2 saturated heterocycles. The van der Waals surface area contributed by atoms with Crippen molar-refractivity contribution in [3.63, 3.8) is 0 Å². The minimum atomic E-state index is -0.792. The number of hydrogen-bond donors (Lipinski definition) is 2. The van der Waals surface area contributed by atoms with E-state index >= 15 is 0 Å². The Kier molecular flexibility index (Phi) is 10.4. The summed E-state index contributed by atoms with van der Waals surface area (Å²) >= 11 is 0. The summed E-state index contributed by atoms with van der Waals surface area (Å²) in [5.41, 5.74) is 0.749. The van der Waals surface area contributed by atoms with Gasteiger partial charge < -0.3 is 38.6 Å². The van der Waals surface area contributed by atoms with Gasteiger partial charge in [-0.3, -0.25) is 0 Å². The number of ether oxygens (including phenoxy) is 6. The summed E-state index contributed by atoms with van der Waals surface area (Å²) < 4.78 is 35.5. The highest BCUT2D eigenvalue weighted by atomic mass is 16.6. The molecule has 0 radical (unpaired) electrons. The molecule has 3 heterocycles. The topological polar surface area (TPSA) is 150 Å². The SMILES string of the molecule is CC1=C[C@H]2O[C@@H]3C[C@@H](OC(=O)/C=C\C=C\C(OCCC4=CC(=O)OC4)C(C)O)[C@](C)([C@@]2(COC(=O)/C=C(\C)CCO)CC1)[C@]31CO1. The fraction of sp³-hybridized carbons (Fsp3) is 0.629. The van der Waals surface area contributed by atoms with Gasteiger partial charge in [-0.25, -0.2) is 14.4 Å². The quantitative estimate of drug-likeness (QED) is 0.0718. The molecule has 2 aliphatic carbocycles. The molecule has 0 amide bonds. The van der Waals surface area contributed by atoms with Crippen molar-refractivity contribution < 1.29 is 53.0 Å². The smallest absolute Gasteiger partial charge is 0.331 e. The molecular weight excluding hydrogens is 596 g/mol. The van der Waals surface area contributed by atoms with Gasteiger partial charge in [0, 0.05) is 36.7 Å². The van der Waals surface area contributed by atoms with Crippen LogP contribution >= 0.6 is 0 Å². The predicted molar refractivity (Wildman–Crippen MR) is 165 cm³/mol. The lowest BCUT2D eigenvalue weighted by Gasteiger charge is -2.58. The summed E-state index contributed by atoms with van der Waals surface area (Å²) in [4.78, 5) is 37.2. The number of hydrogen-bond acceptors (Lipinski definition) is 11. The average Bonchev–Trinajstić information content (AvgIpc) is 3.67. The molecule has 252 valence electrons. The second-order valence-corrected chi connectivity index (χ2v) is 13.3. The van der Waals surface area contributed by atoms with Crippen molar-refractivity contribution in [2.75, 3.05) is 33.0 Å². The number of aliphatic hydroxyl groups excluding tert-OH is 2. The van der Waals surface area contributed by atoms with Crippen molar-refractivity contribution in [2.24, 2.45) is 10.8 Å². The zero-order chi connectivity index (χ0) is 33.1. The number of allylic oxidation sites excluding steroid dienone is 3. The van der Waals surface area contributed by atoms with Crippen LogP contribution in [0.15, 0.2) is 59.3 Å². The predicted octanol–water partition coefficient (Wildman–Crippen LogP) is 3.19. The Balaban J connectivity index is 1.27. The van der Waals surface area contributed by atoms with Crippen LogP contribution in [-0.4, -0.2) is 97.3 Å². The number of carbonyl (C=O) groups is 3. The maximum atomic E-state index is 13.2. The molecule has 0 aromatic carbocycles. The molecule has 3 aliphatic heterocycles. The second kappa shape index (κ2) is 13.9. The molecule has 2 N–H and O–H groups in total. The van der Waals surface area contributed by atoms with Crippen LogP contribution in [-0.2, 0) is 42.8 Å². The summed E-state index contributed by atoms with van der Waals surface area (Å²) in [6, 6.07) is 0. The number of esters is 3. The fourth-order valence-electron chi connectivity index (χ4n) is 7.55. The maximum Gasteiger partial charge on any atom is 0.331 e. The van der Waals surface area contributed by atoms with Crippen LogP contribution in [0.2, 0.25) is 0 Å². The minimum absolute atomic E-state index is 0.0517. The van der Waals surface area contributed by atoms with Crippen LogP contribution in [0.5, 0.6) is 0 Å². The van der Waals surface area contributed by atoms with Crippen LogP contribution in [0, 0.1) is 10.8 Å². The standard InChI is InChI=1S/C35H46O11/c1-22-9-12-34(20-43-31(39)16-23(2)10-13-36)28(15-22)45-29-18-27(33(34,4)35(29)21-44-35)46-30(38)8-6-5-7-26(24(3)37)41-14-11-25-17-32(40)42-19-25/h5-8,15-17,24,26-29,36-37H,9-14,18-21H2,1-4H3/b7-5+,8-6-,23-16+/t24?,26?,27-,28-,29-,33-,34-,35+/m1/s1. The molecule has 8 atom stereocenters. The van der Waals surface area contributed by atoms with E-state index in [1.54, 1.807) is 32.1 Å². The third kappa shape index (κ3) is 6.66. The van der Waals surface area contributed by atoms with Gasteiger partial charge in [0.2, 0.25) is 0 Å². The van der Waals surface area contributed by atoms with Crippen LogP contribution < -0.4 is 0 Å². The first-order valence-corrected chi connectivity index (χ1v) is 16.1. The number of cyclic esters (lactones) is 1. The fourth-order valence-corrected chi connectivity index (χ4v) is 7.55. The van der Waals surface area contributed by atoms with E-state index in [1.807, 2.05) is 0 Å². The van der Waals surface area contributed by atoms with Crippen molar-refractivity contribution in [1.82, 2.24) is 0 Å². The molecule has 1 spiro atoms. The monoisotopic (exact) mass is 642 g/mol. The maximum absolute atomic E-state index is 13.2. The van der Waals surface area contributed by atoms with E-state index in [2.05, 4.69) is 19.9 Å². The minimum Gasteiger partial charge on any atom is -0.462 e. The number of carbonyl (C=O) groups excluding carboxylic acids is 3. The summed E-state index contributed by atoms with van der Waals surface area (Å²) in [7, 11) is 0. The van der Waals surface area contributed by atoms with Gasteiger partial charge in [0.25, 0.3) is 0 Å². The molecule has 11 nitrogen and oxygen atoms in total. The average molecular weight is 643 g/mol. The van der Waals surface area contributed by atoms with E-state index in [1.165, 1.54) is 23.8 Å². The Morgan fingerprint density at radius 3 is 2.70 bits per heavy atom. The van der Waals surface area contributed by atoms with Crippen molar-refractivity contribution in [3.05, 3.63) is 59.3 Å². The summed E-state index contributed by atoms with van der Waals surface area (Å²) in [6.07, 6.45) is 11.4. The highest BCUT2D eigenvalue weighted by Crippen LogP contribution is 2.72. The molecule has 5 aliphatic rings. The highest BCUT2D eigenvalue weighted by Gasteiger charge is 2.83. The molecule has 2 unspecified atom stereocenters. The van der Waals surface area contributed by atoms with E-state index < -0.39 is 46.7 Å². The molecule has 0 aromatic heterocycles. The summed E-state index contributed by atoms with van der Waals surface area (Å²) in [5, 5.41) is 19.3. The van der Waals surface area contributed by atoms with Gasteiger partial charge in [0.1, 0.15) is 31.0 Å². The number of rotatable bonds is 14. The lowest BCUT2D eigenvalue weighted by Crippen LogP contribution is -2.66. The Bertz CT molecular complexity index is 1340. The zero-order valence-corrected chi connectivity index (χ0v) is 27.1. The third-order valence-corrected chi connectivity index (χ3v) is 10.4. The van der Waals surface area contributed by atoms with E-state index in [9.17, 15) is 24.6 Å². The van der Waals surface area contributed by atoms with Gasteiger partial charge in [0.15, 0.2) is 0 Å². The van der Waals surface area contributed by atoms with Gasteiger partial charge in [0.05, 0.1) is 36.9 Å². The van der Waals surface area contributed by atoms with Gasteiger partial charge in [-0.1, -0.05) is 42.4 Å². The first-order chi connectivity index (χ1) is 21.9. The number of aliphatic hydroxyl groups is 2. The van der Waals surface area contributed by atoms with Crippen molar-refractivity contribution >= 4 is 17.9 Å². The van der Waals surface area contributed by atoms with Gasteiger partial charge in [-0.15, -0.1) is 0 Å². The third-order valence-electron chi connectivity index (χ3n) is 10.4.